The predicted molar refractivity (Wildman–Crippen MR) is 117 cm³/mol. The lowest BCUT2D eigenvalue weighted by Crippen LogP contribution is -2.44. The van der Waals surface area contributed by atoms with E-state index >= 15 is 0 Å². The minimum Gasteiger partial charge on any atom is -0.356 e. The highest BCUT2D eigenvalue weighted by atomic mass is 32.2. The monoisotopic (exact) mass is 417 g/mol. The molecule has 2 aliphatic rings. The molecule has 0 bridgehead atoms. The van der Waals surface area contributed by atoms with Gasteiger partial charge in [0.15, 0.2) is 0 Å². The van der Waals surface area contributed by atoms with Crippen molar-refractivity contribution in [3.8, 4) is 0 Å². The molecule has 1 fully saturated rings. The maximum absolute atomic E-state index is 12.9. The lowest BCUT2D eigenvalue weighted by Gasteiger charge is -2.33. The molecule has 6 nitrogen and oxygen atoms in total. The molecule has 3 rings (SSSR count). The number of hydrogen-bond donors (Lipinski definition) is 1. The number of rotatable bonds is 5. The van der Waals surface area contributed by atoms with Crippen LogP contribution in [0, 0.1) is 12.8 Å². The van der Waals surface area contributed by atoms with E-state index in [0.29, 0.717) is 48.7 Å². The highest BCUT2D eigenvalue weighted by molar-refractivity contribution is 8.00. The van der Waals surface area contributed by atoms with E-state index in [0.717, 1.165) is 17.6 Å². The lowest BCUT2D eigenvalue weighted by atomic mass is 9.94. The van der Waals surface area contributed by atoms with E-state index in [1.54, 1.807) is 0 Å². The third-order valence-corrected chi connectivity index (χ3v) is 7.25. The van der Waals surface area contributed by atoms with Crippen molar-refractivity contribution in [2.75, 3.05) is 13.1 Å². The van der Waals surface area contributed by atoms with Crippen LogP contribution in [0.15, 0.2) is 34.2 Å². The molecule has 0 radical (unpaired) electrons. The molecule has 1 atom stereocenters. The summed E-state index contributed by atoms with van der Waals surface area (Å²) in [6, 6.07) is 7.72. The topological polar surface area (TPSA) is 78.8 Å². The van der Waals surface area contributed by atoms with Crippen LogP contribution in [0.2, 0.25) is 0 Å². The number of nitrogens with one attached hydrogen (secondary N) is 1. The summed E-state index contributed by atoms with van der Waals surface area (Å²) in [4.78, 5) is 14.8. The van der Waals surface area contributed by atoms with Gasteiger partial charge in [-0.05, 0) is 45.1 Å². The predicted octanol–water partition coefficient (Wildman–Crippen LogP) is 3.48. The van der Waals surface area contributed by atoms with Gasteiger partial charge in [-0.1, -0.05) is 43.7 Å². The fourth-order valence-corrected chi connectivity index (χ4v) is 5.41. The third kappa shape index (κ3) is 4.55. The number of hydrogen-bond acceptors (Lipinski definition) is 4. The van der Waals surface area contributed by atoms with E-state index in [-0.39, 0.29) is 17.9 Å². The summed E-state index contributed by atoms with van der Waals surface area (Å²) in [7, 11) is -3.72. The molecule has 7 heteroatoms. The van der Waals surface area contributed by atoms with Crippen molar-refractivity contribution in [2.24, 2.45) is 10.3 Å². The Morgan fingerprint density at radius 1 is 1.21 bits per heavy atom. The van der Waals surface area contributed by atoms with E-state index < -0.39 is 10.0 Å². The fraction of sp³-hybridized carbons (Fsp3) is 0.545. The standard InChI is InChI=1S/C22H31N3O3S/c1-5-16(4)23-22(26)18-11-13-25(14-12-18)21-19(6-2)20(29(27,28)24-21)17-9-7-15(3)8-10-17/h7-10,16,18H,5-6,11-14H2,1-4H3,(H,23,26)/t16-/m0/s1. The molecule has 1 aromatic carbocycles. The zero-order valence-electron chi connectivity index (χ0n) is 17.7. The number of piperidine rings is 1. The summed E-state index contributed by atoms with van der Waals surface area (Å²) in [6.07, 6.45) is 2.91. The van der Waals surface area contributed by atoms with Gasteiger partial charge in [-0.2, -0.15) is 8.42 Å². The van der Waals surface area contributed by atoms with Crippen molar-refractivity contribution in [2.45, 2.75) is 59.4 Å². The van der Waals surface area contributed by atoms with Crippen LogP contribution in [-0.4, -0.2) is 44.2 Å². The number of sulfonamides is 1. The number of carbonyl (C=O) groups is 1. The molecule has 1 saturated heterocycles. The van der Waals surface area contributed by atoms with Crippen LogP contribution in [0.1, 0.15) is 57.6 Å². The Kier molecular flexibility index (Phi) is 6.46. The van der Waals surface area contributed by atoms with Crippen molar-refractivity contribution in [3.05, 3.63) is 41.0 Å². The first-order chi connectivity index (χ1) is 13.8. The molecule has 158 valence electrons. The van der Waals surface area contributed by atoms with Gasteiger partial charge in [0, 0.05) is 30.6 Å². The van der Waals surface area contributed by atoms with Gasteiger partial charge in [0.05, 0.1) is 0 Å². The summed E-state index contributed by atoms with van der Waals surface area (Å²) in [5, 5.41) is 3.06. The highest BCUT2D eigenvalue weighted by Crippen LogP contribution is 2.36. The van der Waals surface area contributed by atoms with Gasteiger partial charge in [0.2, 0.25) is 5.91 Å². The molecule has 0 spiro atoms. The van der Waals surface area contributed by atoms with Crippen LogP contribution in [0.3, 0.4) is 0 Å². The Morgan fingerprint density at radius 3 is 2.38 bits per heavy atom. The molecule has 1 amide bonds. The van der Waals surface area contributed by atoms with Gasteiger partial charge in [-0.3, -0.25) is 4.79 Å². The zero-order valence-corrected chi connectivity index (χ0v) is 18.6. The molecule has 0 aromatic heterocycles. The maximum atomic E-state index is 12.9. The first-order valence-electron chi connectivity index (χ1n) is 10.5. The Labute approximate surface area is 174 Å². The second kappa shape index (κ2) is 8.69. The number of aryl methyl sites for hydroxylation is 1. The van der Waals surface area contributed by atoms with Crippen LogP contribution in [0.5, 0.6) is 0 Å². The molecule has 0 unspecified atom stereocenters. The number of nitrogens with zero attached hydrogens (tertiary/aromatic N) is 2. The first kappa shape index (κ1) is 21.6. The normalized spacial score (nSPS) is 20.6. The fourth-order valence-electron chi connectivity index (χ4n) is 3.88. The molecule has 0 saturated carbocycles. The van der Waals surface area contributed by atoms with Gasteiger partial charge < -0.3 is 10.2 Å². The average Bonchev–Trinajstić information content (AvgIpc) is 2.99. The SMILES string of the molecule is CCC1=C(c2ccc(C)cc2)S(=O)(=O)N=C1N1CCC(C(=O)N[C@@H](C)CC)CC1. The molecular formula is C22H31N3O3S. The second-order valence-corrected chi connectivity index (χ2v) is 9.54. The summed E-state index contributed by atoms with van der Waals surface area (Å²) in [5.74, 6) is 0.639. The molecule has 2 aliphatic heterocycles. The lowest BCUT2D eigenvalue weighted by molar-refractivity contribution is -0.126. The van der Waals surface area contributed by atoms with Crippen LogP contribution in [0.4, 0.5) is 0 Å². The van der Waals surface area contributed by atoms with Gasteiger partial charge in [0.1, 0.15) is 10.7 Å². The molecule has 1 aromatic rings. The average molecular weight is 418 g/mol. The number of benzene rings is 1. The van der Waals surface area contributed by atoms with Crippen molar-refractivity contribution in [3.63, 3.8) is 0 Å². The maximum Gasteiger partial charge on any atom is 0.285 e. The highest BCUT2D eigenvalue weighted by Gasteiger charge is 2.36. The van der Waals surface area contributed by atoms with Gasteiger partial charge in [-0.15, -0.1) is 4.40 Å². The van der Waals surface area contributed by atoms with Crippen LogP contribution in [0.25, 0.3) is 4.91 Å². The second-order valence-electron chi connectivity index (χ2n) is 8.00. The minimum absolute atomic E-state index is 0.0236. The minimum atomic E-state index is -3.72. The van der Waals surface area contributed by atoms with E-state index in [9.17, 15) is 13.2 Å². The molecule has 1 N–H and O–H groups in total. The van der Waals surface area contributed by atoms with Crippen molar-refractivity contribution < 1.29 is 13.2 Å². The van der Waals surface area contributed by atoms with Crippen LogP contribution in [-0.2, 0) is 14.8 Å². The molecule has 29 heavy (non-hydrogen) atoms. The summed E-state index contributed by atoms with van der Waals surface area (Å²) in [6.45, 7) is 9.28. The van der Waals surface area contributed by atoms with Crippen molar-refractivity contribution in [1.82, 2.24) is 10.2 Å². The number of amides is 1. The number of carbonyl (C=O) groups excluding carboxylic acids is 1. The van der Waals surface area contributed by atoms with Crippen molar-refractivity contribution in [1.29, 1.82) is 0 Å². The quantitative estimate of drug-likeness (QED) is 0.795. The first-order valence-corrected chi connectivity index (χ1v) is 11.9. The Hall–Kier alpha value is -2.15. The van der Waals surface area contributed by atoms with Gasteiger partial charge in [-0.25, -0.2) is 0 Å². The zero-order chi connectivity index (χ0) is 21.2. The van der Waals surface area contributed by atoms with E-state index in [2.05, 4.69) is 16.6 Å². The van der Waals surface area contributed by atoms with E-state index in [1.807, 2.05) is 49.9 Å². The smallest absolute Gasteiger partial charge is 0.285 e. The molecular weight excluding hydrogens is 386 g/mol. The Morgan fingerprint density at radius 2 is 1.83 bits per heavy atom. The molecule has 0 aliphatic carbocycles. The van der Waals surface area contributed by atoms with Crippen molar-refractivity contribution >= 4 is 26.7 Å². The number of likely N-dealkylation sites (tertiary alicyclic amines) is 1. The van der Waals surface area contributed by atoms with Crippen LogP contribution < -0.4 is 5.32 Å². The third-order valence-electron chi connectivity index (χ3n) is 5.84. The largest absolute Gasteiger partial charge is 0.356 e. The Bertz CT molecular complexity index is 925. The summed E-state index contributed by atoms with van der Waals surface area (Å²) >= 11 is 0. The van der Waals surface area contributed by atoms with E-state index in [4.69, 9.17) is 0 Å². The summed E-state index contributed by atoms with van der Waals surface area (Å²) in [5.41, 5.74) is 2.55. The van der Waals surface area contributed by atoms with E-state index in [1.165, 1.54) is 0 Å². The molecule has 2 heterocycles. The summed E-state index contributed by atoms with van der Waals surface area (Å²) < 4.78 is 29.9. The Balaban J connectivity index is 1.79. The van der Waals surface area contributed by atoms with Gasteiger partial charge >= 0.3 is 0 Å². The number of amidine groups is 1. The van der Waals surface area contributed by atoms with Crippen LogP contribution >= 0.6 is 0 Å². The van der Waals surface area contributed by atoms with Gasteiger partial charge in [0.25, 0.3) is 10.0 Å².